The van der Waals surface area contributed by atoms with Crippen LogP contribution in [0.5, 0.6) is 0 Å². The number of amides is 1. The second-order valence-corrected chi connectivity index (χ2v) is 6.79. The molecule has 0 unspecified atom stereocenters. The van der Waals surface area contributed by atoms with Crippen molar-refractivity contribution in [3.63, 3.8) is 0 Å². The molecule has 4 nitrogen and oxygen atoms in total. The summed E-state index contributed by atoms with van der Waals surface area (Å²) in [6.45, 7) is 4.63. The third-order valence-corrected chi connectivity index (χ3v) is 5.31. The SMILES string of the molecule is CCN(C(=O)c1ccc(N2CCC(O)CC2)cc1)C1CCCC1. The second kappa shape index (κ2) is 7.35. The Labute approximate surface area is 139 Å². The molecule has 23 heavy (non-hydrogen) atoms. The van der Waals surface area contributed by atoms with Gasteiger partial charge in [-0.3, -0.25) is 4.79 Å². The van der Waals surface area contributed by atoms with Crippen molar-refractivity contribution in [1.82, 2.24) is 4.90 Å². The minimum Gasteiger partial charge on any atom is -0.393 e. The molecule has 2 aliphatic rings. The topological polar surface area (TPSA) is 43.8 Å². The van der Waals surface area contributed by atoms with Gasteiger partial charge >= 0.3 is 0 Å². The molecule has 126 valence electrons. The van der Waals surface area contributed by atoms with Crippen LogP contribution >= 0.6 is 0 Å². The average molecular weight is 316 g/mol. The van der Waals surface area contributed by atoms with E-state index in [4.69, 9.17) is 0 Å². The summed E-state index contributed by atoms with van der Waals surface area (Å²) in [5.74, 6) is 0.167. The highest BCUT2D eigenvalue weighted by atomic mass is 16.3. The van der Waals surface area contributed by atoms with Crippen molar-refractivity contribution in [2.24, 2.45) is 0 Å². The number of anilines is 1. The maximum Gasteiger partial charge on any atom is 0.254 e. The predicted octanol–water partition coefficient (Wildman–Crippen LogP) is 3.05. The molecule has 2 fully saturated rings. The van der Waals surface area contributed by atoms with Crippen molar-refractivity contribution < 1.29 is 9.90 Å². The van der Waals surface area contributed by atoms with Gasteiger partial charge in [-0.1, -0.05) is 12.8 Å². The number of rotatable bonds is 4. The highest BCUT2D eigenvalue weighted by Crippen LogP contribution is 2.26. The Bertz CT molecular complexity index is 515. The van der Waals surface area contributed by atoms with Crippen molar-refractivity contribution in [2.75, 3.05) is 24.5 Å². The molecule has 3 rings (SSSR count). The first-order valence-corrected chi connectivity index (χ1v) is 9.03. The number of carbonyl (C=O) groups is 1. The van der Waals surface area contributed by atoms with Gasteiger partial charge in [0, 0.05) is 36.9 Å². The van der Waals surface area contributed by atoms with E-state index in [0.717, 1.165) is 56.6 Å². The minimum absolute atomic E-state index is 0.156. The lowest BCUT2D eigenvalue weighted by Gasteiger charge is -2.32. The van der Waals surface area contributed by atoms with Crippen LogP contribution in [0.4, 0.5) is 5.69 Å². The van der Waals surface area contributed by atoms with Gasteiger partial charge in [0.15, 0.2) is 0 Å². The second-order valence-electron chi connectivity index (χ2n) is 6.79. The predicted molar refractivity (Wildman–Crippen MR) is 92.9 cm³/mol. The lowest BCUT2D eigenvalue weighted by atomic mass is 10.1. The van der Waals surface area contributed by atoms with Crippen molar-refractivity contribution in [2.45, 2.75) is 57.6 Å². The van der Waals surface area contributed by atoms with Crippen LogP contribution in [-0.2, 0) is 0 Å². The zero-order chi connectivity index (χ0) is 16.2. The Kier molecular flexibility index (Phi) is 5.21. The van der Waals surface area contributed by atoms with Crippen LogP contribution < -0.4 is 4.90 Å². The molecule has 0 spiro atoms. The summed E-state index contributed by atoms with van der Waals surface area (Å²) in [6, 6.07) is 8.44. The Balaban J connectivity index is 1.67. The largest absolute Gasteiger partial charge is 0.393 e. The zero-order valence-electron chi connectivity index (χ0n) is 14.1. The van der Waals surface area contributed by atoms with E-state index in [-0.39, 0.29) is 12.0 Å². The Hall–Kier alpha value is -1.55. The first kappa shape index (κ1) is 16.3. The van der Waals surface area contributed by atoms with Crippen LogP contribution in [0.15, 0.2) is 24.3 Å². The summed E-state index contributed by atoms with van der Waals surface area (Å²) in [5, 5.41) is 9.61. The fraction of sp³-hybridized carbons (Fsp3) is 0.632. The summed E-state index contributed by atoms with van der Waals surface area (Å²) in [5.41, 5.74) is 1.94. The molecule has 1 N–H and O–H groups in total. The van der Waals surface area contributed by atoms with E-state index >= 15 is 0 Å². The van der Waals surface area contributed by atoms with Gasteiger partial charge in [0.1, 0.15) is 0 Å². The normalized spacial score (nSPS) is 20.0. The number of carbonyl (C=O) groups excluding carboxylic acids is 1. The molecule has 1 amide bonds. The third-order valence-electron chi connectivity index (χ3n) is 5.31. The molecule has 1 saturated heterocycles. The molecule has 4 heteroatoms. The zero-order valence-corrected chi connectivity index (χ0v) is 14.1. The van der Waals surface area contributed by atoms with Crippen LogP contribution in [0, 0.1) is 0 Å². The standard InChI is InChI=1S/C19H28N2O2/c1-2-21(17-5-3-4-6-17)19(23)15-7-9-16(10-8-15)20-13-11-18(22)12-14-20/h7-10,17-18,22H,2-6,11-14H2,1H3. The molecule has 1 saturated carbocycles. The van der Waals surface area contributed by atoms with Crippen molar-refractivity contribution in [3.8, 4) is 0 Å². The lowest BCUT2D eigenvalue weighted by Crippen LogP contribution is -2.38. The molecule has 1 aromatic carbocycles. The van der Waals surface area contributed by atoms with Gasteiger partial charge in [-0.2, -0.15) is 0 Å². The number of piperidine rings is 1. The smallest absolute Gasteiger partial charge is 0.254 e. The molecule has 1 aliphatic heterocycles. The summed E-state index contributed by atoms with van der Waals surface area (Å²) >= 11 is 0. The van der Waals surface area contributed by atoms with E-state index in [1.807, 2.05) is 29.2 Å². The fourth-order valence-electron chi connectivity index (χ4n) is 3.89. The van der Waals surface area contributed by atoms with E-state index in [1.165, 1.54) is 12.8 Å². The molecule has 1 aliphatic carbocycles. The van der Waals surface area contributed by atoms with Crippen molar-refractivity contribution in [3.05, 3.63) is 29.8 Å². The molecule has 0 atom stereocenters. The molecule has 0 bridgehead atoms. The van der Waals surface area contributed by atoms with Crippen LogP contribution in [0.25, 0.3) is 0 Å². The van der Waals surface area contributed by atoms with E-state index in [2.05, 4.69) is 11.8 Å². The van der Waals surface area contributed by atoms with E-state index in [1.54, 1.807) is 0 Å². The van der Waals surface area contributed by atoms with Gasteiger partial charge < -0.3 is 14.9 Å². The maximum atomic E-state index is 12.8. The molecular formula is C19H28N2O2. The summed E-state index contributed by atoms with van der Waals surface area (Å²) < 4.78 is 0. The van der Waals surface area contributed by atoms with E-state index in [0.29, 0.717) is 6.04 Å². The average Bonchev–Trinajstić information content (AvgIpc) is 3.10. The summed E-state index contributed by atoms with van der Waals surface area (Å²) in [7, 11) is 0. The number of hydrogen-bond donors (Lipinski definition) is 1. The monoisotopic (exact) mass is 316 g/mol. The van der Waals surface area contributed by atoms with Crippen molar-refractivity contribution in [1.29, 1.82) is 0 Å². The minimum atomic E-state index is -0.156. The third kappa shape index (κ3) is 3.69. The molecule has 1 heterocycles. The Morgan fingerprint density at radius 2 is 1.74 bits per heavy atom. The van der Waals surface area contributed by atoms with Gasteiger partial charge in [-0.05, 0) is 56.9 Å². The number of aliphatic hydroxyl groups is 1. The Morgan fingerprint density at radius 1 is 1.13 bits per heavy atom. The van der Waals surface area contributed by atoms with Crippen molar-refractivity contribution >= 4 is 11.6 Å². The number of aliphatic hydroxyl groups excluding tert-OH is 1. The fourth-order valence-corrected chi connectivity index (χ4v) is 3.89. The molecular weight excluding hydrogens is 288 g/mol. The molecule has 1 aromatic rings. The van der Waals surface area contributed by atoms with E-state index < -0.39 is 0 Å². The Morgan fingerprint density at radius 3 is 2.30 bits per heavy atom. The molecule has 0 radical (unpaired) electrons. The first-order chi connectivity index (χ1) is 11.2. The number of hydrogen-bond acceptors (Lipinski definition) is 3. The van der Waals surface area contributed by atoms with Crippen LogP contribution in [0.3, 0.4) is 0 Å². The van der Waals surface area contributed by atoms with E-state index in [9.17, 15) is 9.90 Å². The van der Waals surface area contributed by atoms with Gasteiger partial charge in [0.05, 0.1) is 6.10 Å². The van der Waals surface area contributed by atoms with Crippen LogP contribution in [-0.4, -0.2) is 47.7 Å². The summed E-state index contributed by atoms with van der Waals surface area (Å²) in [4.78, 5) is 17.1. The molecule has 0 aromatic heterocycles. The van der Waals surface area contributed by atoms with Crippen LogP contribution in [0.2, 0.25) is 0 Å². The highest BCUT2D eigenvalue weighted by molar-refractivity contribution is 5.94. The van der Waals surface area contributed by atoms with Gasteiger partial charge in [0.25, 0.3) is 5.91 Å². The first-order valence-electron chi connectivity index (χ1n) is 9.03. The maximum absolute atomic E-state index is 12.8. The lowest BCUT2D eigenvalue weighted by molar-refractivity contribution is 0.0693. The van der Waals surface area contributed by atoms with Crippen LogP contribution in [0.1, 0.15) is 55.8 Å². The van der Waals surface area contributed by atoms with Gasteiger partial charge in [0.2, 0.25) is 0 Å². The van der Waals surface area contributed by atoms with Gasteiger partial charge in [-0.25, -0.2) is 0 Å². The van der Waals surface area contributed by atoms with Gasteiger partial charge in [-0.15, -0.1) is 0 Å². The number of benzene rings is 1. The summed E-state index contributed by atoms with van der Waals surface area (Å²) in [6.07, 6.45) is 6.28. The highest BCUT2D eigenvalue weighted by Gasteiger charge is 2.26. The number of nitrogens with zero attached hydrogens (tertiary/aromatic N) is 2. The quantitative estimate of drug-likeness (QED) is 0.928.